The number of halogens is 3. The minimum absolute atomic E-state index is 0.0285. The number of hydrogen-bond acceptors (Lipinski definition) is 9. The number of carbonyl (C=O) groups is 1. The van der Waals surface area contributed by atoms with E-state index >= 15 is 0 Å². The van der Waals surface area contributed by atoms with Crippen molar-refractivity contribution in [2.75, 3.05) is 0 Å². The molecular weight excluding hydrogens is 704 g/mol. The molecule has 9 nitrogen and oxygen atoms in total. The van der Waals surface area contributed by atoms with Crippen molar-refractivity contribution in [2.45, 2.75) is 37.6 Å². The maximum absolute atomic E-state index is 12.5. The zero-order chi connectivity index (χ0) is 37.2. The van der Waals surface area contributed by atoms with E-state index in [1.165, 1.54) is 24.5 Å². The second-order valence-corrected chi connectivity index (χ2v) is 13.9. The Bertz CT molecular complexity index is 2570. The largest absolute Gasteiger partial charge is 0.534 e. The second kappa shape index (κ2) is 14.5. The number of pyridine rings is 1. The molecule has 1 aliphatic rings. The van der Waals surface area contributed by atoms with Crippen LogP contribution in [-0.4, -0.2) is 44.6 Å². The van der Waals surface area contributed by atoms with Crippen molar-refractivity contribution in [3.05, 3.63) is 144 Å². The third-order valence-electron chi connectivity index (χ3n) is 8.73. The number of fused-ring (bicyclic) bond motifs is 2. The molecule has 3 heterocycles. The molecule has 0 unspecified atom stereocenters. The molecule has 0 aliphatic heterocycles. The van der Waals surface area contributed by atoms with Crippen molar-refractivity contribution in [3.63, 3.8) is 0 Å². The Morgan fingerprint density at radius 3 is 1.87 bits per heavy atom. The van der Waals surface area contributed by atoms with Crippen molar-refractivity contribution in [2.24, 2.45) is 0 Å². The Morgan fingerprint density at radius 2 is 1.30 bits per heavy atom. The van der Waals surface area contributed by atoms with Crippen LogP contribution in [0.2, 0.25) is 0 Å². The van der Waals surface area contributed by atoms with E-state index < -0.39 is 21.4 Å². The molecule has 0 N–H and O–H groups in total. The van der Waals surface area contributed by atoms with Gasteiger partial charge >= 0.3 is 15.6 Å². The summed E-state index contributed by atoms with van der Waals surface area (Å²) in [6.45, 7) is 1.62. The predicted octanol–water partition coefficient (Wildman–Crippen LogP) is 8.89. The van der Waals surface area contributed by atoms with E-state index in [0.29, 0.717) is 29.0 Å². The molecule has 4 aromatic carbocycles. The van der Waals surface area contributed by atoms with Gasteiger partial charge in [-0.15, -0.1) is 0 Å². The van der Waals surface area contributed by atoms with Gasteiger partial charge in [-0.05, 0) is 48.9 Å². The summed E-state index contributed by atoms with van der Waals surface area (Å²) in [7, 11) is -5.78. The number of nitrogens with zero attached hydrogens (tertiary/aromatic N) is 5. The summed E-state index contributed by atoms with van der Waals surface area (Å²) in [6, 6.07) is 31.3. The number of ketones is 1. The van der Waals surface area contributed by atoms with Crippen LogP contribution in [0, 0.1) is 0 Å². The van der Waals surface area contributed by atoms with Gasteiger partial charge in [-0.25, -0.2) is 19.9 Å². The molecule has 1 fully saturated rings. The first kappa shape index (κ1) is 35.3. The topological polar surface area (TPSA) is 125 Å². The molecule has 3 aromatic heterocycles. The molecule has 8 rings (SSSR count). The van der Waals surface area contributed by atoms with Crippen LogP contribution in [0.5, 0.6) is 5.75 Å². The lowest BCUT2D eigenvalue weighted by Gasteiger charge is -2.12. The summed E-state index contributed by atoms with van der Waals surface area (Å²) >= 11 is 0. The zero-order valence-corrected chi connectivity index (χ0v) is 29.0. The average molecular weight is 734 g/mol. The number of aromatic nitrogens is 5. The Morgan fingerprint density at radius 1 is 0.736 bits per heavy atom. The first-order valence-electron chi connectivity index (χ1n) is 16.6. The van der Waals surface area contributed by atoms with Gasteiger partial charge in [-0.1, -0.05) is 91.0 Å². The molecule has 0 spiro atoms. The first-order valence-corrected chi connectivity index (χ1v) is 18.0. The number of para-hydroxylation sites is 2. The summed E-state index contributed by atoms with van der Waals surface area (Å²) in [5, 5.41) is 1.38. The molecule has 7 aromatic rings. The summed E-state index contributed by atoms with van der Waals surface area (Å²) < 4.78 is 64.2. The standard InChI is InChI=1S/C25H21N3O.C15H9F3N2O3S/c1-16(29)22-12-20(17-10-11-17)14-26-23(22)13-19-8-5-9-21-24(27-15-28-25(19)21)18-6-3-2-4-7-18;16-15(17,18)24(21,22)23-12-8-4-7-11-13(19-9-20-14(11)12)10-5-2-1-3-6-10/h2-9,12,14-15,17H,10-11,13H2,1H3;1-9H. The number of Topliss-reactive ketones (excluding diaryl/α,β-unsaturated/α-hetero) is 1. The SMILES string of the molecule is CC(=O)c1cc(C2CC2)cnc1Cc1cccc2c(-c3ccccc3)ncnc12.O=S(=O)(Oc1cccc2c(-c3ccccc3)ncnc12)C(F)(F)F. The van der Waals surface area contributed by atoms with Crippen LogP contribution in [0.3, 0.4) is 0 Å². The molecular formula is C40H30F3N5O4S. The van der Waals surface area contributed by atoms with Gasteiger partial charge in [0.1, 0.15) is 18.2 Å². The molecule has 1 saturated carbocycles. The van der Waals surface area contributed by atoms with Crippen LogP contribution in [0.15, 0.2) is 122 Å². The van der Waals surface area contributed by atoms with Crippen LogP contribution in [0.1, 0.15) is 52.9 Å². The monoisotopic (exact) mass is 733 g/mol. The summed E-state index contributed by atoms with van der Waals surface area (Å²) in [5.74, 6) is 0.132. The lowest BCUT2D eigenvalue weighted by molar-refractivity contribution is -0.0499. The van der Waals surface area contributed by atoms with Crippen molar-refractivity contribution < 1.29 is 30.6 Å². The molecule has 0 bridgehead atoms. The highest BCUT2D eigenvalue weighted by Gasteiger charge is 2.48. The van der Waals surface area contributed by atoms with Gasteiger partial charge in [0.15, 0.2) is 11.5 Å². The van der Waals surface area contributed by atoms with Crippen molar-refractivity contribution >= 4 is 37.7 Å². The highest BCUT2D eigenvalue weighted by atomic mass is 32.2. The van der Waals surface area contributed by atoms with E-state index in [9.17, 15) is 26.4 Å². The highest BCUT2D eigenvalue weighted by molar-refractivity contribution is 7.88. The predicted molar refractivity (Wildman–Crippen MR) is 195 cm³/mol. The third kappa shape index (κ3) is 7.61. The molecule has 0 saturated heterocycles. The molecule has 13 heteroatoms. The molecule has 266 valence electrons. The van der Waals surface area contributed by atoms with Crippen LogP contribution in [-0.2, 0) is 16.5 Å². The van der Waals surface area contributed by atoms with E-state index in [-0.39, 0.29) is 11.3 Å². The molecule has 0 amide bonds. The second-order valence-electron chi connectivity index (χ2n) is 12.4. The minimum atomic E-state index is -5.78. The Kier molecular flexibility index (Phi) is 9.67. The number of benzene rings is 4. The Labute approximate surface area is 302 Å². The fourth-order valence-corrected chi connectivity index (χ4v) is 6.48. The maximum atomic E-state index is 12.5. The minimum Gasteiger partial charge on any atom is -0.374 e. The third-order valence-corrected chi connectivity index (χ3v) is 9.70. The average Bonchev–Trinajstić information content (AvgIpc) is 4.01. The van der Waals surface area contributed by atoms with Crippen LogP contribution in [0.4, 0.5) is 13.2 Å². The number of carbonyl (C=O) groups excluding carboxylic acids is 1. The zero-order valence-electron chi connectivity index (χ0n) is 28.2. The first-order chi connectivity index (χ1) is 25.5. The van der Waals surface area contributed by atoms with E-state index in [2.05, 4.69) is 53.4 Å². The molecule has 0 atom stereocenters. The number of rotatable bonds is 8. The van der Waals surface area contributed by atoms with Crippen molar-refractivity contribution in [1.82, 2.24) is 24.9 Å². The molecule has 1 aliphatic carbocycles. The Balaban J connectivity index is 0.000000168. The van der Waals surface area contributed by atoms with E-state index in [0.717, 1.165) is 51.4 Å². The normalized spacial score (nSPS) is 13.0. The van der Waals surface area contributed by atoms with Crippen LogP contribution < -0.4 is 4.18 Å². The lowest BCUT2D eigenvalue weighted by atomic mass is 9.97. The van der Waals surface area contributed by atoms with Gasteiger partial charge in [0.2, 0.25) is 0 Å². The van der Waals surface area contributed by atoms with Gasteiger partial charge in [0, 0.05) is 40.1 Å². The number of alkyl halides is 3. The van der Waals surface area contributed by atoms with Crippen LogP contribution in [0.25, 0.3) is 44.3 Å². The highest BCUT2D eigenvalue weighted by Crippen LogP contribution is 2.40. The van der Waals surface area contributed by atoms with E-state index in [4.69, 9.17) is 0 Å². The lowest BCUT2D eigenvalue weighted by Crippen LogP contribution is -2.28. The maximum Gasteiger partial charge on any atom is 0.534 e. The van der Waals surface area contributed by atoms with Crippen molar-refractivity contribution in [3.8, 4) is 28.3 Å². The van der Waals surface area contributed by atoms with Gasteiger partial charge in [-0.2, -0.15) is 21.6 Å². The number of hydrogen-bond donors (Lipinski definition) is 0. The fraction of sp³-hybridized carbons (Fsp3) is 0.150. The van der Waals surface area contributed by atoms with E-state index in [1.54, 1.807) is 49.6 Å². The van der Waals surface area contributed by atoms with Gasteiger partial charge in [0.05, 0.1) is 22.6 Å². The van der Waals surface area contributed by atoms with E-state index in [1.807, 2.05) is 36.5 Å². The smallest absolute Gasteiger partial charge is 0.374 e. The summed E-state index contributed by atoms with van der Waals surface area (Å²) in [6.07, 6.45) is 7.65. The van der Waals surface area contributed by atoms with Crippen LogP contribution >= 0.6 is 0 Å². The summed E-state index contributed by atoms with van der Waals surface area (Å²) in [5.41, 5.74) is 2.28. The van der Waals surface area contributed by atoms with Gasteiger partial charge < -0.3 is 4.18 Å². The van der Waals surface area contributed by atoms with Gasteiger partial charge in [-0.3, -0.25) is 9.78 Å². The molecule has 0 radical (unpaired) electrons. The Hall–Kier alpha value is -6.08. The fourth-order valence-electron chi connectivity index (χ4n) is 6.01. The van der Waals surface area contributed by atoms with Crippen molar-refractivity contribution in [1.29, 1.82) is 0 Å². The van der Waals surface area contributed by atoms with Gasteiger partial charge in [0.25, 0.3) is 0 Å². The quantitative estimate of drug-likeness (QED) is 0.0856. The summed E-state index contributed by atoms with van der Waals surface area (Å²) in [4.78, 5) is 34.1. The molecule has 53 heavy (non-hydrogen) atoms.